The average molecular weight is 292 g/mol. The number of amides is 1. The normalized spacial score (nSPS) is 14.2. The maximum Gasteiger partial charge on any atom is 0.249 e. The first-order chi connectivity index (χ1) is 8.24. The van der Waals surface area contributed by atoms with Gasteiger partial charge >= 0.3 is 0 Å². The fourth-order valence-electron chi connectivity index (χ4n) is 1.97. The number of carbonyl (C=O) groups is 1. The number of nitrogens with zero attached hydrogens (tertiary/aromatic N) is 3. The minimum Gasteiger partial charge on any atom is -0.306 e. The van der Waals surface area contributed by atoms with Crippen LogP contribution in [0.25, 0.3) is 0 Å². The standard InChI is InChI=1S/C12H10BrN3O/c13-10-7-15-8-11(17)16(12(15)14-10)6-9-4-2-1-3-5-9/h1-5,7H,6,8H2. The molecule has 0 bridgehead atoms. The van der Waals surface area contributed by atoms with Crippen LogP contribution in [0.2, 0.25) is 0 Å². The molecule has 1 aliphatic rings. The Morgan fingerprint density at radius 1 is 1.29 bits per heavy atom. The van der Waals surface area contributed by atoms with Gasteiger partial charge in [0.1, 0.15) is 11.1 Å². The highest BCUT2D eigenvalue weighted by Gasteiger charge is 2.29. The smallest absolute Gasteiger partial charge is 0.249 e. The van der Waals surface area contributed by atoms with Gasteiger partial charge in [0.05, 0.1) is 6.54 Å². The molecular formula is C12H10BrN3O. The van der Waals surface area contributed by atoms with E-state index in [0.29, 0.717) is 19.0 Å². The number of carbonyl (C=O) groups excluding carboxylic acids is 1. The minimum atomic E-state index is 0.0869. The highest BCUT2D eigenvalue weighted by atomic mass is 79.9. The summed E-state index contributed by atoms with van der Waals surface area (Å²) in [4.78, 5) is 17.9. The Morgan fingerprint density at radius 3 is 2.82 bits per heavy atom. The van der Waals surface area contributed by atoms with Crippen molar-refractivity contribution in [3.05, 3.63) is 46.7 Å². The van der Waals surface area contributed by atoms with E-state index >= 15 is 0 Å². The van der Waals surface area contributed by atoms with E-state index in [1.807, 2.05) is 41.1 Å². The van der Waals surface area contributed by atoms with Gasteiger partial charge in [-0.05, 0) is 21.5 Å². The summed E-state index contributed by atoms with van der Waals surface area (Å²) in [6, 6.07) is 9.92. The Hall–Kier alpha value is -1.62. The topological polar surface area (TPSA) is 38.1 Å². The van der Waals surface area contributed by atoms with Crippen molar-refractivity contribution in [3.8, 4) is 0 Å². The highest BCUT2D eigenvalue weighted by molar-refractivity contribution is 9.10. The number of anilines is 1. The van der Waals surface area contributed by atoms with E-state index in [4.69, 9.17) is 0 Å². The lowest BCUT2D eigenvalue weighted by Crippen LogP contribution is -2.26. The van der Waals surface area contributed by atoms with Crippen molar-refractivity contribution >= 4 is 27.8 Å². The molecule has 0 aliphatic carbocycles. The van der Waals surface area contributed by atoms with Gasteiger partial charge in [0, 0.05) is 6.20 Å². The molecule has 2 aromatic rings. The second kappa shape index (κ2) is 4.00. The highest BCUT2D eigenvalue weighted by Crippen LogP contribution is 2.25. The Labute approximate surface area is 107 Å². The average Bonchev–Trinajstić information content (AvgIpc) is 2.79. The van der Waals surface area contributed by atoms with Gasteiger partial charge in [0.25, 0.3) is 0 Å². The van der Waals surface area contributed by atoms with Gasteiger partial charge < -0.3 is 4.57 Å². The van der Waals surface area contributed by atoms with Crippen LogP contribution in [0.5, 0.6) is 0 Å². The molecule has 0 atom stereocenters. The SMILES string of the molecule is O=C1Cn2cc(Br)nc2N1Cc1ccccc1. The van der Waals surface area contributed by atoms with Gasteiger partial charge in [-0.15, -0.1) is 0 Å². The van der Waals surface area contributed by atoms with Gasteiger partial charge in [-0.25, -0.2) is 4.98 Å². The van der Waals surface area contributed by atoms with E-state index in [2.05, 4.69) is 20.9 Å². The summed E-state index contributed by atoms with van der Waals surface area (Å²) in [5, 5.41) is 0. The Balaban J connectivity index is 1.91. The third-order valence-electron chi connectivity index (χ3n) is 2.76. The van der Waals surface area contributed by atoms with Crippen molar-refractivity contribution in [1.82, 2.24) is 9.55 Å². The zero-order chi connectivity index (χ0) is 11.8. The zero-order valence-electron chi connectivity index (χ0n) is 9.01. The van der Waals surface area contributed by atoms with E-state index in [1.165, 1.54) is 0 Å². The number of aromatic nitrogens is 2. The number of rotatable bonds is 2. The molecule has 0 fully saturated rings. The fourth-order valence-corrected chi connectivity index (χ4v) is 2.38. The number of hydrogen-bond acceptors (Lipinski definition) is 2. The van der Waals surface area contributed by atoms with E-state index in [0.717, 1.165) is 10.2 Å². The minimum absolute atomic E-state index is 0.0869. The maximum atomic E-state index is 11.9. The summed E-state index contributed by atoms with van der Waals surface area (Å²) in [5.41, 5.74) is 1.11. The number of hydrogen-bond donors (Lipinski definition) is 0. The molecule has 86 valence electrons. The molecule has 0 saturated carbocycles. The quantitative estimate of drug-likeness (QED) is 0.851. The largest absolute Gasteiger partial charge is 0.306 e. The van der Waals surface area contributed by atoms with Crippen molar-refractivity contribution < 1.29 is 4.79 Å². The van der Waals surface area contributed by atoms with Crippen molar-refractivity contribution in [3.63, 3.8) is 0 Å². The Morgan fingerprint density at radius 2 is 2.06 bits per heavy atom. The molecule has 1 aromatic heterocycles. The molecule has 5 heteroatoms. The maximum absolute atomic E-state index is 11.9. The van der Waals surface area contributed by atoms with E-state index in [-0.39, 0.29) is 5.91 Å². The Kier molecular flexibility index (Phi) is 2.48. The molecule has 2 heterocycles. The molecule has 0 unspecified atom stereocenters. The monoisotopic (exact) mass is 291 g/mol. The lowest BCUT2D eigenvalue weighted by molar-refractivity contribution is -0.118. The molecule has 0 saturated heterocycles. The molecular weight excluding hydrogens is 282 g/mol. The summed E-state index contributed by atoms with van der Waals surface area (Å²) in [5.74, 6) is 0.801. The molecule has 1 aliphatic heterocycles. The second-order valence-electron chi connectivity index (χ2n) is 3.96. The van der Waals surface area contributed by atoms with Crippen LogP contribution >= 0.6 is 15.9 Å². The van der Waals surface area contributed by atoms with E-state index in [9.17, 15) is 4.79 Å². The van der Waals surface area contributed by atoms with Crippen molar-refractivity contribution in [1.29, 1.82) is 0 Å². The van der Waals surface area contributed by atoms with Gasteiger partial charge in [-0.3, -0.25) is 9.69 Å². The van der Waals surface area contributed by atoms with Gasteiger partial charge in [0.15, 0.2) is 0 Å². The third kappa shape index (κ3) is 1.86. The lowest BCUT2D eigenvalue weighted by Gasteiger charge is -2.13. The van der Waals surface area contributed by atoms with Crippen LogP contribution in [0, 0.1) is 0 Å². The van der Waals surface area contributed by atoms with Crippen molar-refractivity contribution in [2.75, 3.05) is 4.90 Å². The summed E-state index contributed by atoms with van der Waals surface area (Å²) in [7, 11) is 0. The predicted molar refractivity (Wildman–Crippen MR) is 67.6 cm³/mol. The third-order valence-corrected chi connectivity index (χ3v) is 3.14. The van der Waals surface area contributed by atoms with Crippen LogP contribution in [0.1, 0.15) is 5.56 Å². The molecule has 1 amide bonds. The summed E-state index contributed by atoms with van der Waals surface area (Å²) in [6.07, 6.45) is 1.83. The number of benzene rings is 1. The van der Waals surface area contributed by atoms with Crippen LogP contribution in [0.15, 0.2) is 41.1 Å². The number of imidazole rings is 1. The van der Waals surface area contributed by atoms with Gasteiger partial charge in [0.2, 0.25) is 11.9 Å². The first-order valence-corrected chi connectivity index (χ1v) is 6.10. The van der Waals surface area contributed by atoms with Crippen LogP contribution in [-0.4, -0.2) is 15.5 Å². The Bertz CT molecular complexity index is 564. The number of fused-ring (bicyclic) bond motifs is 1. The molecule has 0 spiro atoms. The van der Waals surface area contributed by atoms with Crippen molar-refractivity contribution in [2.24, 2.45) is 0 Å². The summed E-state index contributed by atoms with van der Waals surface area (Å²) in [6.45, 7) is 0.948. The number of halogens is 1. The molecule has 4 nitrogen and oxygen atoms in total. The zero-order valence-corrected chi connectivity index (χ0v) is 10.6. The van der Waals surface area contributed by atoms with Crippen molar-refractivity contribution in [2.45, 2.75) is 13.1 Å². The van der Waals surface area contributed by atoms with Crippen LogP contribution in [-0.2, 0) is 17.9 Å². The van der Waals surface area contributed by atoms with E-state index in [1.54, 1.807) is 4.90 Å². The second-order valence-corrected chi connectivity index (χ2v) is 4.77. The van der Waals surface area contributed by atoms with Gasteiger partial charge in [-0.1, -0.05) is 30.3 Å². The molecule has 0 radical (unpaired) electrons. The van der Waals surface area contributed by atoms with Crippen LogP contribution < -0.4 is 4.90 Å². The molecule has 17 heavy (non-hydrogen) atoms. The molecule has 1 aromatic carbocycles. The van der Waals surface area contributed by atoms with Gasteiger partial charge in [-0.2, -0.15) is 0 Å². The lowest BCUT2D eigenvalue weighted by atomic mass is 10.2. The predicted octanol–water partition coefficient (Wildman–Crippen LogP) is 2.19. The first kappa shape index (κ1) is 10.5. The first-order valence-electron chi connectivity index (χ1n) is 5.31. The van der Waals surface area contributed by atoms with E-state index < -0.39 is 0 Å². The molecule has 0 N–H and O–H groups in total. The van der Waals surface area contributed by atoms with Crippen LogP contribution in [0.3, 0.4) is 0 Å². The summed E-state index contributed by atoms with van der Waals surface area (Å²) >= 11 is 3.32. The summed E-state index contributed by atoms with van der Waals surface area (Å²) < 4.78 is 2.62. The van der Waals surface area contributed by atoms with Crippen LogP contribution in [0.4, 0.5) is 5.95 Å². The fraction of sp³-hybridized carbons (Fsp3) is 0.167. The molecule has 3 rings (SSSR count).